The van der Waals surface area contributed by atoms with E-state index in [1.54, 1.807) is 0 Å². The summed E-state index contributed by atoms with van der Waals surface area (Å²) in [6, 6.07) is 57.6. The third-order valence-electron chi connectivity index (χ3n) is 10.4. The topological polar surface area (TPSA) is 60.5 Å². The lowest BCUT2D eigenvalue weighted by molar-refractivity contribution is 0.660. The van der Waals surface area contributed by atoms with Gasteiger partial charge in [0.25, 0.3) is 0 Å². The first-order valence-electron chi connectivity index (χ1n) is 17.3. The summed E-state index contributed by atoms with van der Waals surface area (Å²) >= 11 is 0. The second-order valence-electron chi connectivity index (χ2n) is 13.7. The van der Waals surface area contributed by atoms with E-state index in [-0.39, 0.29) is 11.6 Å². The van der Waals surface area contributed by atoms with Crippen molar-refractivity contribution < 1.29 is 0 Å². The first-order valence-corrected chi connectivity index (χ1v) is 17.3. The highest BCUT2D eigenvalue weighted by molar-refractivity contribution is 6.13. The fourth-order valence-electron chi connectivity index (χ4n) is 7.80. The Hall–Kier alpha value is -6.57. The predicted octanol–water partition coefficient (Wildman–Crippen LogP) is 10.8. The zero-order valence-electron chi connectivity index (χ0n) is 28.4. The van der Waals surface area contributed by atoms with Crippen LogP contribution < -0.4 is 5.32 Å². The van der Waals surface area contributed by atoms with Gasteiger partial charge in [-0.2, -0.15) is 5.26 Å². The lowest BCUT2D eigenvalue weighted by atomic mass is 9.81. The number of hydrogen-bond acceptors (Lipinski definition) is 4. The summed E-state index contributed by atoms with van der Waals surface area (Å²) in [6.07, 6.45) is -0.302. The largest absolute Gasteiger partial charge is 0.344 e. The van der Waals surface area contributed by atoms with Crippen LogP contribution in [0.15, 0.2) is 168 Å². The van der Waals surface area contributed by atoms with E-state index in [4.69, 9.17) is 9.98 Å². The first-order chi connectivity index (χ1) is 25.0. The van der Waals surface area contributed by atoms with Gasteiger partial charge in [0.05, 0.1) is 11.6 Å². The SMILES string of the molecule is CC1(C)c2cc(C#N)ccc2-c2c(-c3ccc4ccccc4c3-c3ccc(C4N=C(c5ccccc5)N=C(c5ccccc5)N4)cc3)cccc21. The Morgan fingerprint density at radius 2 is 1.27 bits per heavy atom. The van der Waals surface area contributed by atoms with E-state index < -0.39 is 0 Å². The number of hydrogen-bond donors (Lipinski definition) is 1. The fourth-order valence-corrected chi connectivity index (χ4v) is 7.80. The van der Waals surface area contributed by atoms with Crippen LogP contribution in [0.2, 0.25) is 0 Å². The second-order valence-corrected chi connectivity index (χ2v) is 13.7. The number of nitrogens with zero attached hydrogens (tertiary/aromatic N) is 3. The van der Waals surface area contributed by atoms with E-state index in [1.807, 2.05) is 42.5 Å². The van der Waals surface area contributed by atoms with Crippen LogP contribution in [0, 0.1) is 11.3 Å². The number of nitriles is 1. The Morgan fingerprint density at radius 1 is 0.588 bits per heavy atom. The van der Waals surface area contributed by atoms with Gasteiger partial charge in [-0.15, -0.1) is 0 Å². The Bertz CT molecular complexity index is 2570. The summed E-state index contributed by atoms with van der Waals surface area (Å²) in [6.45, 7) is 4.53. The van der Waals surface area contributed by atoms with E-state index in [9.17, 15) is 5.26 Å². The van der Waals surface area contributed by atoms with Gasteiger partial charge >= 0.3 is 0 Å². The summed E-state index contributed by atoms with van der Waals surface area (Å²) in [5.41, 5.74) is 13.2. The van der Waals surface area contributed by atoms with Crippen molar-refractivity contribution in [1.82, 2.24) is 5.32 Å². The molecule has 1 unspecified atom stereocenters. The van der Waals surface area contributed by atoms with Crippen LogP contribution >= 0.6 is 0 Å². The molecule has 4 nitrogen and oxygen atoms in total. The molecule has 1 aliphatic carbocycles. The molecular weight excluding hydrogens is 621 g/mol. The van der Waals surface area contributed by atoms with Crippen molar-refractivity contribution in [2.75, 3.05) is 0 Å². The molecule has 9 rings (SSSR count). The molecule has 51 heavy (non-hydrogen) atoms. The van der Waals surface area contributed by atoms with Gasteiger partial charge in [-0.3, -0.25) is 0 Å². The lowest BCUT2D eigenvalue weighted by Gasteiger charge is -2.24. The van der Waals surface area contributed by atoms with Gasteiger partial charge in [0.2, 0.25) is 0 Å². The normalized spacial score (nSPS) is 15.6. The molecule has 242 valence electrons. The number of fused-ring (bicyclic) bond motifs is 4. The molecule has 7 aromatic carbocycles. The van der Waals surface area contributed by atoms with E-state index in [1.165, 1.54) is 49.7 Å². The summed E-state index contributed by atoms with van der Waals surface area (Å²) in [5, 5.41) is 15.7. The van der Waals surface area contributed by atoms with Crippen LogP contribution in [0.1, 0.15) is 53.4 Å². The Morgan fingerprint density at radius 3 is 2.04 bits per heavy atom. The molecule has 7 aromatic rings. The maximum Gasteiger partial charge on any atom is 0.159 e. The van der Waals surface area contributed by atoms with Crippen LogP contribution in [0.4, 0.5) is 0 Å². The molecule has 0 spiro atoms. The molecule has 0 saturated heterocycles. The minimum atomic E-state index is -0.302. The Kier molecular flexibility index (Phi) is 7.22. The van der Waals surface area contributed by atoms with Crippen molar-refractivity contribution in [3.63, 3.8) is 0 Å². The number of benzene rings is 7. The average Bonchev–Trinajstić information content (AvgIpc) is 3.43. The second kappa shape index (κ2) is 12.1. The summed E-state index contributed by atoms with van der Waals surface area (Å²) in [5.74, 6) is 1.51. The maximum absolute atomic E-state index is 9.72. The summed E-state index contributed by atoms with van der Waals surface area (Å²) < 4.78 is 0. The van der Waals surface area contributed by atoms with Crippen LogP contribution in [-0.4, -0.2) is 11.7 Å². The maximum atomic E-state index is 9.72. The van der Waals surface area contributed by atoms with Gasteiger partial charge in [-0.05, 0) is 73.0 Å². The van der Waals surface area contributed by atoms with Crippen LogP contribution in [0.25, 0.3) is 44.2 Å². The highest BCUT2D eigenvalue weighted by atomic mass is 15.2. The molecule has 0 radical (unpaired) electrons. The highest BCUT2D eigenvalue weighted by Gasteiger charge is 2.37. The minimum Gasteiger partial charge on any atom is -0.344 e. The molecule has 1 aliphatic heterocycles. The molecule has 0 amide bonds. The number of rotatable bonds is 5. The molecule has 1 heterocycles. The molecule has 1 N–H and O–H groups in total. The van der Waals surface area contributed by atoms with E-state index >= 15 is 0 Å². The van der Waals surface area contributed by atoms with E-state index in [0.717, 1.165) is 28.1 Å². The highest BCUT2D eigenvalue weighted by Crippen LogP contribution is 2.53. The average molecular weight is 655 g/mol. The molecule has 4 heteroatoms. The number of nitrogens with one attached hydrogen (secondary N) is 1. The molecular formula is C47H34N4. The van der Waals surface area contributed by atoms with Crippen molar-refractivity contribution in [1.29, 1.82) is 5.26 Å². The molecule has 1 atom stereocenters. The fraction of sp³-hybridized carbons (Fsp3) is 0.0851. The van der Waals surface area contributed by atoms with E-state index in [2.05, 4.69) is 140 Å². The van der Waals surface area contributed by atoms with E-state index in [0.29, 0.717) is 11.4 Å². The van der Waals surface area contributed by atoms with Gasteiger partial charge in [0.1, 0.15) is 12.0 Å². The quantitative estimate of drug-likeness (QED) is 0.201. The van der Waals surface area contributed by atoms with Gasteiger partial charge in [-0.1, -0.05) is 159 Å². The summed E-state index contributed by atoms with van der Waals surface area (Å²) in [7, 11) is 0. The third-order valence-corrected chi connectivity index (χ3v) is 10.4. The molecule has 0 fully saturated rings. The molecule has 0 aromatic heterocycles. The van der Waals surface area contributed by atoms with Crippen molar-refractivity contribution in [3.05, 3.63) is 191 Å². The standard InChI is InChI=1S/C47H34N4/c1-47(2)40-19-11-18-37(43(40)39-26-20-30(29-48)28-41(39)47)38-27-25-31-12-9-10-17-36(31)42(38)32-21-23-35(24-22-32)46-50-44(33-13-5-3-6-14-33)49-45(51-46)34-15-7-4-8-16-34/h3-28,46H,1-2H3,(H,49,50,51). The van der Waals surface area contributed by atoms with Gasteiger partial charge in [0.15, 0.2) is 5.84 Å². The summed E-state index contributed by atoms with van der Waals surface area (Å²) in [4.78, 5) is 10.0. The molecule has 0 saturated carbocycles. The zero-order chi connectivity index (χ0) is 34.5. The zero-order valence-corrected chi connectivity index (χ0v) is 28.4. The van der Waals surface area contributed by atoms with Gasteiger partial charge in [0, 0.05) is 16.5 Å². The van der Waals surface area contributed by atoms with Crippen molar-refractivity contribution in [3.8, 4) is 39.4 Å². The van der Waals surface area contributed by atoms with Gasteiger partial charge in [-0.25, -0.2) is 9.98 Å². The molecule has 0 bridgehead atoms. The number of amidine groups is 2. The Labute approximate surface area is 298 Å². The third kappa shape index (κ3) is 5.14. The monoisotopic (exact) mass is 654 g/mol. The minimum absolute atomic E-state index is 0.222. The predicted molar refractivity (Wildman–Crippen MR) is 209 cm³/mol. The molecule has 2 aliphatic rings. The van der Waals surface area contributed by atoms with Crippen LogP contribution in [0.3, 0.4) is 0 Å². The van der Waals surface area contributed by atoms with Crippen LogP contribution in [-0.2, 0) is 5.41 Å². The van der Waals surface area contributed by atoms with Gasteiger partial charge < -0.3 is 5.32 Å². The number of aliphatic imine (C=N–C) groups is 2. The van der Waals surface area contributed by atoms with Crippen molar-refractivity contribution >= 4 is 22.4 Å². The first kappa shape index (κ1) is 30.5. The Balaban J connectivity index is 1.17. The van der Waals surface area contributed by atoms with Crippen molar-refractivity contribution in [2.24, 2.45) is 9.98 Å². The van der Waals surface area contributed by atoms with Crippen molar-refractivity contribution in [2.45, 2.75) is 25.4 Å². The van der Waals surface area contributed by atoms with Crippen LogP contribution in [0.5, 0.6) is 0 Å². The lowest BCUT2D eigenvalue weighted by Crippen LogP contribution is -2.33. The smallest absolute Gasteiger partial charge is 0.159 e.